The fraction of sp³-hybridized carbons (Fsp3) is 0.732. The van der Waals surface area contributed by atoms with Crippen molar-refractivity contribution in [3.8, 4) is 0 Å². The Kier molecular flexibility index (Phi) is 31.9. The molecule has 0 rings (SSSR count). The lowest BCUT2D eigenvalue weighted by molar-refractivity contribution is -0.870. The van der Waals surface area contributed by atoms with E-state index in [4.69, 9.17) is 9.05 Å². The Bertz CT molecular complexity index is 1000. The highest BCUT2D eigenvalue weighted by Gasteiger charge is 2.27. The van der Waals surface area contributed by atoms with Crippen LogP contribution in [0.2, 0.25) is 0 Å². The van der Waals surface area contributed by atoms with Crippen molar-refractivity contribution in [2.75, 3.05) is 40.9 Å². The fourth-order valence-corrected chi connectivity index (χ4v) is 5.84. The molecule has 3 atom stereocenters. The van der Waals surface area contributed by atoms with Crippen molar-refractivity contribution >= 4 is 13.7 Å². The molecule has 290 valence electrons. The van der Waals surface area contributed by atoms with Gasteiger partial charge in [-0.3, -0.25) is 13.8 Å². The van der Waals surface area contributed by atoms with E-state index >= 15 is 0 Å². The zero-order valence-electron chi connectivity index (χ0n) is 32.6. The number of aliphatic hydroxyl groups excluding tert-OH is 1. The summed E-state index contributed by atoms with van der Waals surface area (Å²) in [4.78, 5) is 23.0. The van der Waals surface area contributed by atoms with Crippen LogP contribution in [0.4, 0.5) is 0 Å². The van der Waals surface area contributed by atoms with Crippen molar-refractivity contribution in [1.29, 1.82) is 0 Å². The number of nitrogens with zero attached hydrogens (tertiary/aromatic N) is 1. The topological polar surface area (TPSA) is 105 Å². The maximum Gasteiger partial charge on any atom is 0.472 e. The predicted molar refractivity (Wildman–Crippen MR) is 212 cm³/mol. The monoisotopic (exact) mass is 724 g/mol. The first-order valence-corrected chi connectivity index (χ1v) is 21.1. The van der Waals surface area contributed by atoms with Crippen LogP contribution in [0, 0.1) is 0 Å². The number of amides is 1. The SMILES string of the molecule is C/C=C/CC/C=C/CC/C=C/C(O)C(COP(=O)(O)OCC[N+](C)(C)C)NC(=O)CCCCCCCCCCC/C=C\C/C=C\CCCCC. The Morgan fingerprint density at radius 1 is 0.720 bits per heavy atom. The average molecular weight is 724 g/mol. The molecule has 0 aromatic carbocycles. The molecule has 0 saturated carbocycles. The highest BCUT2D eigenvalue weighted by atomic mass is 31.2. The molecule has 9 heteroatoms. The number of allylic oxidation sites excluding steroid dienone is 9. The number of rotatable bonds is 34. The minimum Gasteiger partial charge on any atom is -0.387 e. The molecule has 0 saturated heterocycles. The molecule has 0 radical (unpaired) electrons. The van der Waals surface area contributed by atoms with Gasteiger partial charge in [0.05, 0.1) is 39.9 Å². The number of hydrogen-bond acceptors (Lipinski definition) is 5. The van der Waals surface area contributed by atoms with Gasteiger partial charge in [0.15, 0.2) is 0 Å². The number of unbranched alkanes of at least 4 members (excludes halogenated alkanes) is 14. The van der Waals surface area contributed by atoms with Crippen LogP contribution in [-0.4, -0.2) is 73.4 Å². The molecule has 0 bridgehead atoms. The zero-order chi connectivity index (χ0) is 37.2. The molecule has 0 fully saturated rings. The number of aliphatic hydroxyl groups is 1. The minimum absolute atomic E-state index is 0.0498. The average Bonchev–Trinajstić information content (AvgIpc) is 3.06. The second-order valence-electron chi connectivity index (χ2n) is 14.3. The maximum absolute atomic E-state index is 12.8. The molecule has 3 unspecified atom stereocenters. The summed E-state index contributed by atoms with van der Waals surface area (Å²) in [5.41, 5.74) is 0. The Hall–Kier alpha value is -1.80. The largest absolute Gasteiger partial charge is 0.472 e. The van der Waals surface area contributed by atoms with E-state index in [2.05, 4.69) is 54.8 Å². The van der Waals surface area contributed by atoms with Gasteiger partial charge in [-0.1, -0.05) is 125 Å². The number of phosphoric ester groups is 1. The van der Waals surface area contributed by atoms with Crippen molar-refractivity contribution in [2.45, 2.75) is 154 Å². The summed E-state index contributed by atoms with van der Waals surface area (Å²) in [7, 11) is 1.53. The maximum atomic E-state index is 12.8. The molecule has 0 aliphatic rings. The molecular formula is C41H76N2O6P+. The van der Waals surface area contributed by atoms with Crippen molar-refractivity contribution in [2.24, 2.45) is 0 Å². The highest BCUT2D eigenvalue weighted by Crippen LogP contribution is 2.43. The van der Waals surface area contributed by atoms with Crippen molar-refractivity contribution in [3.63, 3.8) is 0 Å². The second-order valence-corrected chi connectivity index (χ2v) is 15.7. The predicted octanol–water partition coefficient (Wildman–Crippen LogP) is 10.3. The summed E-state index contributed by atoms with van der Waals surface area (Å²) in [5.74, 6) is -0.203. The molecule has 0 aliphatic heterocycles. The number of phosphoric acid groups is 1. The molecule has 1 amide bonds. The highest BCUT2D eigenvalue weighted by molar-refractivity contribution is 7.47. The first kappa shape index (κ1) is 48.2. The van der Waals surface area contributed by atoms with E-state index in [1.807, 2.05) is 40.2 Å². The van der Waals surface area contributed by atoms with Crippen LogP contribution in [0.5, 0.6) is 0 Å². The third-order valence-corrected chi connectivity index (χ3v) is 9.27. The van der Waals surface area contributed by atoms with Crippen LogP contribution in [-0.2, 0) is 18.4 Å². The number of likely N-dealkylation sites (N-methyl/N-ethyl adjacent to an activating group) is 1. The lowest BCUT2D eigenvalue weighted by Gasteiger charge is -2.25. The fourth-order valence-electron chi connectivity index (χ4n) is 5.11. The van der Waals surface area contributed by atoms with Crippen LogP contribution >= 0.6 is 7.82 Å². The van der Waals surface area contributed by atoms with Crippen LogP contribution < -0.4 is 5.32 Å². The molecular weight excluding hydrogens is 647 g/mol. The molecule has 0 aromatic heterocycles. The molecule has 50 heavy (non-hydrogen) atoms. The van der Waals surface area contributed by atoms with E-state index in [9.17, 15) is 19.4 Å². The van der Waals surface area contributed by atoms with Crippen LogP contribution in [0.25, 0.3) is 0 Å². The Morgan fingerprint density at radius 3 is 1.82 bits per heavy atom. The van der Waals surface area contributed by atoms with Gasteiger partial charge in [-0.2, -0.15) is 0 Å². The van der Waals surface area contributed by atoms with E-state index in [1.165, 1.54) is 70.6 Å². The van der Waals surface area contributed by atoms with Crippen molar-refractivity contribution in [3.05, 3.63) is 60.8 Å². The normalized spacial score (nSPS) is 15.3. The van der Waals surface area contributed by atoms with E-state index in [0.29, 0.717) is 17.4 Å². The van der Waals surface area contributed by atoms with Gasteiger partial charge in [0.2, 0.25) is 5.91 Å². The molecule has 0 heterocycles. The summed E-state index contributed by atoms with van der Waals surface area (Å²) in [6.45, 7) is 4.49. The third-order valence-electron chi connectivity index (χ3n) is 8.28. The molecule has 0 aliphatic carbocycles. The second kappa shape index (κ2) is 33.1. The molecule has 0 aromatic rings. The number of hydrogen-bond donors (Lipinski definition) is 3. The van der Waals surface area contributed by atoms with E-state index < -0.39 is 20.0 Å². The lowest BCUT2D eigenvalue weighted by atomic mass is 10.1. The van der Waals surface area contributed by atoms with Gasteiger partial charge >= 0.3 is 7.82 Å². The quantitative estimate of drug-likeness (QED) is 0.0264. The number of nitrogens with one attached hydrogen (secondary N) is 1. The van der Waals surface area contributed by atoms with E-state index in [0.717, 1.165) is 51.4 Å². The molecule has 8 nitrogen and oxygen atoms in total. The Balaban J connectivity index is 4.41. The van der Waals surface area contributed by atoms with Crippen LogP contribution in [0.15, 0.2) is 60.8 Å². The van der Waals surface area contributed by atoms with Gasteiger partial charge < -0.3 is 19.8 Å². The van der Waals surface area contributed by atoms with Gasteiger partial charge in [0, 0.05) is 6.42 Å². The Labute approximate surface area is 307 Å². The Morgan fingerprint density at radius 2 is 1.24 bits per heavy atom. The standard InChI is InChI=1S/C41H75N2O6P/c1-6-8-10-12-14-16-17-18-19-20-21-22-23-24-25-27-29-31-33-35-41(45)42-39(38-49-50(46,47)48-37-36-43(3,4)5)40(44)34-32-30-28-26-15-13-11-9-7-2/h7,9,14-16,18-19,26,32,34,39-40,44H,6,8,10-13,17,20-25,27-31,33,35-38H2,1-5H3,(H-,42,45,46,47)/p+1/b9-7+,16-14-,19-18-,26-15+,34-32+. The summed E-state index contributed by atoms with van der Waals surface area (Å²) in [5, 5.41) is 13.7. The van der Waals surface area contributed by atoms with Gasteiger partial charge in [0.25, 0.3) is 0 Å². The molecule has 0 spiro atoms. The molecule has 3 N–H and O–H groups in total. The summed E-state index contributed by atoms with van der Waals surface area (Å²) in [6.07, 6.45) is 41.7. The van der Waals surface area contributed by atoms with Crippen molar-refractivity contribution in [1.82, 2.24) is 5.32 Å². The smallest absolute Gasteiger partial charge is 0.387 e. The van der Waals surface area contributed by atoms with Crippen LogP contribution in [0.1, 0.15) is 142 Å². The first-order valence-electron chi connectivity index (χ1n) is 19.6. The van der Waals surface area contributed by atoms with Crippen LogP contribution in [0.3, 0.4) is 0 Å². The number of carbonyl (C=O) groups is 1. The summed E-state index contributed by atoms with van der Waals surface area (Å²) < 4.78 is 23.4. The third kappa shape index (κ3) is 34.6. The minimum atomic E-state index is -4.34. The van der Waals surface area contributed by atoms with Gasteiger partial charge in [0.1, 0.15) is 13.2 Å². The first-order chi connectivity index (χ1) is 24.0. The zero-order valence-corrected chi connectivity index (χ0v) is 33.5. The van der Waals surface area contributed by atoms with E-state index in [-0.39, 0.29) is 19.1 Å². The van der Waals surface area contributed by atoms with Gasteiger partial charge in [-0.15, -0.1) is 0 Å². The van der Waals surface area contributed by atoms with Crippen molar-refractivity contribution < 1.29 is 32.9 Å². The number of carbonyl (C=O) groups excluding carboxylic acids is 1. The summed E-state index contributed by atoms with van der Waals surface area (Å²) >= 11 is 0. The van der Waals surface area contributed by atoms with Gasteiger partial charge in [-0.25, -0.2) is 4.57 Å². The summed E-state index contributed by atoms with van der Waals surface area (Å²) in [6, 6.07) is -0.870. The van der Waals surface area contributed by atoms with E-state index in [1.54, 1.807) is 6.08 Å². The number of quaternary nitrogens is 1. The lowest BCUT2D eigenvalue weighted by Crippen LogP contribution is -2.45. The van der Waals surface area contributed by atoms with Gasteiger partial charge in [-0.05, 0) is 71.1 Å².